The van der Waals surface area contributed by atoms with Crippen LogP contribution in [0.4, 0.5) is 0 Å². The monoisotopic (exact) mass is 686 g/mol. The summed E-state index contributed by atoms with van der Waals surface area (Å²) < 4.78 is 0. The molecule has 6 heterocycles. The highest BCUT2D eigenvalue weighted by Gasteiger charge is 2.16. The number of hydrogen-bond acceptors (Lipinski definition) is 11. The quantitative estimate of drug-likeness (QED) is 0.351. The molecule has 3 aromatic rings. The molecule has 274 valence electrons. The maximum absolute atomic E-state index is 5.10. The maximum atomic E-state index is 5.10. The van der Waals surface area contributed by atoms with E-state index in [2.05, 4.69) is 136 Å². The van der Waals surface area contributed by atoms with Crippen LogP contribution in [0.1, 0.15) is 34.2 Å². The minimum Gasteiger partial charge on any atom is -0.300 e. The Hall–Kier alpha value is -2.87. The number of hydrogen-bond donors (Lipinski definition) is 0. The number of nitrogens with zero attached hydrogens (tertiary/aromatic N) is 11. The Balaban J connectivity index is 1.42. The van der Waals surface area contributed by atoms with E-state index in [1.807, 2.05) is 0 Å². The van der Waals surface area contributed by atoms with E-state index in [0.717, 1.165) is 152 Å². The molecule has 6 rings (SSSR count). The van der Waals surface area contributed by atoms with Crippen LogP contribution in [-0.4, -0.2) is 175 Å². The van der Waals surface area contributed by atoms with Gasteiger partial charge in [-0.2, -0.15) is 0 Å². The fraction of sp³-hybridized carbons (Fsp3) is 0.615. The third kappa shape index (κ3) is 13.4. The first kappa shape index (κ1) is 38.4. The molecular weight excluding hydrogens is 623 g/mol. The summed E-state index contributed by atoms with van der Waals surface area (Å²) in [5.41, 5.74) is 6.86. The number of fused-ring (bicyclic) bond motifs is 18. The molecule has 3 aliphatic rings. The minimum absolute atomic E-state index is 0.851. The van der Waals surface area contributed by atoms with Crippen LogP contribution >= 0.6 is 0 Å². The molecule has 0 saturated heterocycles. The van der Waals surface area contributed by atoms with Crippen molar-refractivity contribution in [3.05, 3.63) is 88.8 Å². The summed E-state index contributed by atoms with van der Waals surface area (Å²) in [7, 11) is 13.4. The van der Waals surface area contributed by atoms with Gasteiger partial charge in [0.05, 0.1) is 34.2 Å². The lowest BCUT2D eigenvalue weighted by atomic mass is 10.2. The molecular formula is C39H63N11. The highest BCUT2D eigenvalue weighted by Crippen LogP contribution is 2.10. The van der Waals surface area contributed by atoms with Crippen LogP contribution in [0, 0.1) is 0 Å². The van der Waals surface area contributed by atoms with E-state index in [1.165, 1.54) is 0 Å². The van der Waals surface area contributed by atoms with E-state index in [4.69, 9.17) is 15.0 Å². The van der Waals surface area contributed by atoms with E-state index < -0.39 is 0 Å². The van der Waals surface area contributed by atoms with Crippen LogP contribution in [0.15, 0.2) is 54.6 Å². The fourth-order valence-corrected chi connectivity index (χ4v) is 6.79. The Morgan fingerprint density at radius 3 is 0.660 bits per heavy atom. The molecule has 11 nitrogen and oxygen atoms in total. The average molecular weight is 686 g/mol. The molecule has 0 fully saturated rings. The van der Waals surface area contributed by atoms with Gasteiger partial charge in [0.15, 0.2) is 0 Å². The summed E-state index contributed by atoms with van der Waals surface area (Å²) in [4.78, 5) is 35.1. The standard InChI is InChI=1S/C39H63N11/c1-43-16-22-49-23-17-44(2)30-36-12-8-14-38(41-36)32-47(5)20-26-50(25-19-46(4)29-35-11-7-10-34(28-43)40-35)27-21-48(6)33-39-15-9-13-37(42-39)31-45(3)18-24-49/h7-15H,16-33H2,1-6H3. The molecule has 0 aromatic carbocycles. The van der Waals surface area contributed by atoms with Crippen LogP contribution in [0.25, 0.3) is 0 Å². The summed E-state index contributed by atoms with van der Waals surface area (Å²) in [6.45, 7) is 17.1. The van der Waals surface area contributed by atoms with Gasteiger partial charge in [-0.25, -0.2) is 0 Å². The highest BCUT2D eigenvalue weighted by atomic mass is 15.3. The van der Waals surface area contributed by atoms with Gasteiger partial charge < -0.3 is 0 Å². The fourth-order valence-electron chi connectivity index (χ4n) is 6.79. The third-order valence-corrected chi connectivity index (χ3v) is 9.97. The first-order valence-corrected chi connectivity index (χ1v) is 18.6. The zero-order chi connectivity index (χ0) is 35.3. The lowest BCUT2D eigenvalue weighted by Gasteiger charge is -2.30. The molecule has 0 N–H and O–H groups in total. The van der Waals surface area contributed by atoms with Crippen molar-refractivity contribution in [3.63, 3.8) is 0 Å². The van der Waals surface area contributed by atoms with Crippen molar-refractivity contribution < 1.29 is 0 Å². The van der Waals surface area contributed by atoms with Gasteiger partial charge >= 0.3 is 0 Å². The van der Waals surface area contributed by atoms with Crippen molar-refractivity contribution in [1.29, 1.82) is 0 Å². The molecule has 0 amide bonds. The van der Waals surface area contributed by atoms with Crippen LogP contribution in [-0.2, 0) is 39.3 Å². The van der Waals surface area contributed by atoms with Crippen molar-refractivity contribution in [3.8, 4) is 0 Å². The Morgan fingerprint density at radius 2 is 0.480 bits per heavy atom. The molecule has 0 spiro atoms. The summed E-state index contributed by atoms with van der Waals surface area (Å²) in [5, 5.41) is 0. The molecule has 50 heavy (non-hydrogen) atoms. The second kappa shape index (κ2) is 19.7. The van der Waals surface area contributed by atoms with Gasteiger partial charge in [0, 0.05) is 118 Å². The van der Waals surface area contributed by atoms with Gasteiger partial charge in [0.1, 0.15) is 0 Å². The predicted molar refractivity (Wildman–Crippen MR) is 204 cm³/mol. The molecule has 3 aliphatic heterocycles. The van der Waals surface area contributed by atoms with E-state index >= 15 is 0 Å². The molecule has 8 bridgehead atoms. The van der Waals surface area contributed by atoms with Gasteiger partial charge in [-0.05, 0) is 78.7 Å². The normalized spacial score (nSPS) is 23.9. The number of likely N-dealkylation sites (N-methyl/N-ethyl adjacent to an activating group) is 6. The van der Waals surface area contributed by atoms with Crippen molar-refractivity contribution in [1.82, 2.24) is 54.2 Å². The van der Waals surface area contributed by atoms with Crippen LogP contribution in [0.3, 0.4) is 0 Å². The van der Waals surface area contributed by atoms with E-state index in [9.17, 15) is 0 Å². The number of rotatable bonds is 0. The van der Waals surface area contributed by atoms with E-state index in [-0.39, 0.29) is 0 Å². The second-order valence-corrected chi connectivity index (χ2v) is 15.0. The molecule has 0 saturated carbocycles. The van der Waals surface area contributed by atoms with Crippen LogP contribution < -0.4 is 0 Å². The van der Waals surface area contributed by atoms with Gasteiger partial charge in [0.2, 0.25) is 0 Å². The van der Waals surface area contributed by atoms with E-state index in [1.54, 1.807) is 0 Å². The van der Waals surface area contributed by atoms with Gasteiger partial charge in [-0.1, -0.05) is 18.2 Å². The minimum atomic E-state index is 0.851. The Kier molecular flexibility index (Phi) is 15.1. The SMILES string of the molecule is CN1CCN2CCN(C)Cc3cccc(n3)CN(C)CCN(CCN(C)Cc3cccc(n3)C1)CCN(C)Cc1cccc(n1)CN(C)CC2. The third-order valence-electron chi connectivity index (χ3n) is 9.97. The molecule has 11 heteroatoms. The molecule has 0 unspecified atom stereocenters. The largest absolute Gasteiger partial charge is 0.300 e. The summed E-state index contributed by atoms with van der Waals surface area (Å²) >= 11 is 0. The van der Waals surface area contributed by atoms with Crippen molar-refractivity contribution in [2.75, 3.05) is 121 Å². The molecule has 0 aliphatic carbocycles. The highest BCUT2D eigenvalue weighted by molar-refractivity contribution is 5.13. The first-order chi connectivity index (χ1) is 24.2. The smallest absolute Gasteiger partial charge is 0.0547 e. The maximum Gasteiger partial charge on any atom is 0.0547 e. The summed E-state index contributed by atoms with van der Waals surface area (Å²) in [6.07, 6.45) is 0. The average Bonchev–Trinajstić information content (AvgIpc) is 3.07. The molecule has 0 atom stereocenters. The first-order valence-electron chi connectivity index (χ1n) is 18.6. The number of pyridine rings is 3. The lowest BCUT2D eigenvalue weighted by Crippen LogP contribution is -2.42. The summed E-state index contributed by atoms with van der Waals surface area (Å²) in [6, 6.07) is 19.6. The predicted octanol–water partition coefficient (Wildman–Crippen LogP) is 2.49. The van der Waals surface area contributed by atoms with Crippen molar-refractivity contribution in [2.24, 2.45) is 0 Å². The summed E-state index contributed by atoms with van der Waals surface area (Å²) in [5.74, 6) is 0. The van der Waals surface area contributed by atoms with Crippen LogP contribution in [0.2, 0.25) is 0 Å². The number of aromatic nitrogens is 3. The van der Waals surface area contributed by atoms with Crippen LogP contribution in [0.5, 0.6) is 0 Å². The van der Waals surface area contributed by atoms with E-state index in [0.29, 0.717) is 0 Å². The molecule has 3 aromatic heterocycles. The molecule has 0 radical (unpaired) electrons. The Labute approximate surface area is 302 Å². The van der Waals surface area contributed by atoms with Crippen molar-refractivity contribution in [2.45, 2.75) is 39.3 Å². The Bertz CT molecular complexity index is 1170. The Morgan fingerprint density at radius 1 is 0.300 bits per heavy atom. The lowest BCUT2D eigenvalue weighted by molar-refractivity contribution is 0.170. The second-order valence-electron chi connectivity index (χ2n) is 15.0. The van der Waals surface area contributed by atoms with Crippen molar-refractivity contribution >= 4 is 0 Å². The van der Waals surface area contributed by atoms with Gasteiger partial charge in [0.25, 0.3) is 0 Å². The van der Waals surface area contributed by atoms with Gasteiger partial charge in [-0.3, -0.25) is 54.2 Å². The van der Waals surface area contributed by atoms with Gasteiger partial charge in [-0.15, -0.1) is 0 Å². The zero-order valence-electron chi connectivity index (χ0n) is 31.8. The zero-order valence-corrected chi connectivity index (χ0v) is 31.8. The topological polar surface area (TPSA) is 64.6 Å².